The standard InChI is InChI=1S/C40H64ClN5O8/c1-12-23(6)35(45(9)39(50)34(22(4)5)44-38(49)33(42-8)21(2)3)31(53-10)20-32(47)46-29-18-26(29)19-30(46)36(54-11)24(7)37(48)43-28(40(51)52)17-25-15-13-14-16-27(25)41/h13-16,21-24,26,28-31,33-36,42H,12,17-20H2,1-11H3,(H,43,48)(H,44,49)(H,51,52)/t23-,24+,26-,28?,29-,30-,31+,33?,34?,35-,36+/m0/s1. The summed E-state index contributed by atoms with van der Waals surface area (Å²) >= 11 is 6.28. The van der Waals surface area contributed by atoms with Gasteiger partial charge in [0.05, 0.1) is 42.7 Å². The summed E-state index contributed by atoms with van der Waals surface area (Å²) in [6, 6.07) is 3.54. The number of hydrogen-bond acceptors (Lipinski definition) is 8. The van der Waals surface area contributed by atoms with Crippen LogP contribution in [0.15, 0.2) is 24.3 Å². The van der Waals surface area contributed by atoms with Gasteiger partial charge in [0.25, 0.3) is 0 Å². The van der Waals surface area contributed by atoms with Crippen molar-refractivity contribution in [3.8, 4) is 0 Å². The lowest BCUT2D eigenvalue weighted by Gasteiger charge is -2.41. The maximum Gasteiger partial charge on any atom is 0.326 e. The van der Waals surface area contributed by atoms with E-state index in [1.807, 2.05) is 46.4 Å². The van der Waals surface area contributed by atoms with Crippen molar-refractivity contribution >= 4 is 41.2 Å². The van der Waals surface area contributed by atoms with Gasteiger partial charge < -0.3 is 40.3 Å². The molecule has 13 nitrogen and oxygen atoms in total. The highest BCUT2D eigenvalue weighted by molar-refractivity contribution is 6.31. The second-order valence-corrected chi connectivity index (χ2v) is 16.3. The Labute approximate surface area is 326 Å². The third-order valence-electron chi connectivity index (χ3n) is 11.6. The molecule has 0 aromatic heterocycles. The summed E-state index contributed by atoms with van der Waals surface area (Å²) in [5.74, 6) is -3.09. The molecule has 0 radical (unpaired) electrons. The number of hydrogen-bond donors (Lipinski definition) is 4. The summed E-state index contributed by atoms with van der Waals surface area (Å²) in [5, 5.41) is 19.1. The van der Waals surface area contributed by atoms with Gasteiger partial charge in [-0.2, -0.15) is 0 Å². The summed E-state index contributed by atoms with van der Waals surface area (Å²) in [6.07, 6.45) is 0.859. The lowest BCUT2D eigenvalue weighted by Crippen LogP contribution is -2.59. The first-order valence-electron chi connectivity index (χ1n) is 19.3. The summed E-state index contributed by atoms with van der Waals surface area (Å²) in [6.45, 7) is 13.4. The summed E-state index contributed by atoms with van der Waals surface area (Å²) < 4.78 is 11.9. The van der Waals surface area contributed by atoms with Crippen molar-refractivity contribution in [2.45, 2.75) is 129 Å². The average Bonchev–Trinajstić information content (AvgIpc) is 3.78. The molecule has 2 aliphatic rings. The monoisotopic (exact) mass is 777 g/mol. The number of nitrogens with zero attached hydrogens (tertiary/aromatic N) is 2. The Morgan fingerprint density at radius 3 is 2.09 bits per heavy atom. The number of carbonyl (C=O) groups is 5. The molecule has 1 saturated carbocycles. The lowest BCUT2D eigenvalue weighted by atomic mass is 9.89. The molecule has 4 amide bonds. The first kappa shape index (κ1) is 45.1. The number of likely N-dealkylation sites (tertiary alicyclic amines) is 1. The molecule has 304 valence electrons. The Kier molecular flexibility index (Phi) is 16.8. The third-order valence-corrected chi connectivity index (χ3v) is 11.9. The molecule has 1 aliphatic carbocycles. The van der Waals surface area contributed by atoms with E-state index >= 15 is 0 Å². The molecule has 1 aromatic carbocycles. The average molecular weight is 778 g/mol. The van der Waals surface area contributed by atoms with Gasteiger partial charge in [-0.1, -0.05) is 84.7 Å². The lowest BCUT2D eigenvalue weighted by molar-refractivity contribution is -0.149. The van der Waals surface area contributed by atoms with Crippen LogP contribution in [0.4, 0.5) is 0 Å². The van der Waals surface area contributed by atoms with Gasteiger partial charge in [-0.15, -0.1) is 0 Å². The Morgan fingerprint density at radius 2 is 1.57 bits per heavy atom. The number of amides is 4. The summed E-state index contributed by atoms with van der Waals surface area (Å²) in [5.41, 5.74) is 0.601. The number of fused-ring (bicyclic) bond motifs is 1. The number of piperidine rings is 1. The van der Waals surface area contributed by atoms with Crippen LogP contribution < -0.4 is 16.0 Å². The van der Waals surface area contributed by atoms with E-state index in [9.17, 15) is 29.1 Å². The van der Waals surface area contributed by atoms with E-state index < -0.39 is 60.2 Å². The zero-order valence-corrected chi connectivity index (χ0v) is 34.7. The van der Waals surface area contributed by atoms with E-state index in [1.54, 1.807) is 57.3 Å². The maximum atomic E-state index is 14.4. The van der Waals surface area contributed by atoms with Crippen LogP contribution >= 0.6 is 11.6 Å². The second kappa shape index (κ2) is 20.1. The smallest absolute Gasteiger partial charge is 0.326 e. The van der Waals surface area contributed by atoms with Crippen molar-refractivity contribution in [1.82, 2.24) is 25.8 Å². The van der Waals surface area contributed by atoms with Gasteiger partial charge in [0.15, 0.2) is 0 Å². The molecule has 3 rings (SSSR count). The molecule has 3 unspecified atom stereocenters. The number of carboxylic acid groups (broad SMARTS) is 1. The topological polar surface area (TPSA) is 167 Å². The molecule has 4 N–H and O–H groups in total. The Bertz CT molecular complexity index is 1460. The number of carbonyl (C=O) groups excluding carboxylic acids is 4. The van der Waals surface area contributed by atoms with Gasteiger partial charge in [0.1, 0.15) is 12.1 Å². The summed E-state index contributed by atoms with van der Waals surface area (Å²) in [7, 11) is 6.48. The van der Waals surface area contributed by atoms with E-state index in [0.29, 0.717) is 23.4 Å². The van der Waals surface area contributed by atoms with E-state index in [0.717, 1.165) is 6.42 Å². The fourth-order valence-corrected chi connectivity index (χ4v) is 8.35. The number of aliphatic carboxylic acids is 1. The van der Waals surface area contributed by atoms with Gasteiger partial charge in [0, 0.05) is 38.8 Å². The highest BCUT2D eigenvalue weighted by Crippen LogP contribution is 2.50. The normalized spacial score (nSPS) is 22.3. The largest absolute Gasteiger partial charge is 0.480 e. The highest BCUT2D eigenvalue weighted by Gasteiger charge is 2.57. The van der Waals surface area contributed by atoms with Crippen molar-refractivity contribution in [3.63, 3.8) is 0 Å². The number of nitrogens with one attached hydrogen (secondary N) is 3. The molecule has 11 atom stereocenters. The van der Waals surface area contributed by atoms with Gasteiger partial charge in [-0.3, -0.25) is 19.2 Å². The van der Waals surface area contributed by atoms with Crippen molar-refractivity contribution < 1.29 is 38.6 Å². The minimum absolute atomic E-state index is 0.00271. The van der Waals surface area contributed by atoms with Gasteiger partial charge in [-0.05, 0) is 55.2 Å². The van der Waals surface area contributed by atoms with Crippen LogP contribution in [0.2, 0.25) is 5.02 Å². The van der Waals surface area contributed by atoms with Gasteiger partial charge >= 0.3 is 5.97 Å². The number of methoxy groups -OCH3 is 2. The highest BCUT2D eigenvalue weighted by atomic mass is 35.5. The fraction of sp³-hybridized carbons (Fsp3) is 0.725. The molecular formula is C40H64ClN5O8. The second-order valence-electron chi connectivity index (χ2n) is 15.9. The van der Waals surface area contributed by atoms with Crippen LogP contribution in [0.25, 0.3) is 0 Å². The summed E-state index contributed by atoms with van der Waals surface area (Å²) in [4.78, 5) is 71.0. The molecule has 1 aromatic rings. The zero-order valence-electron chi connectivity index (χ0n) is 33.9. The minimum atomic E-state index is -1.21. The third kappa shape index (κ3) is 10.7. The Balaban J connectivity index is 1.81. The van der Waals surface area contributed by atoms with Crippen LogP contribution in [0.1, 0.15) is 79.7 Å². The van der Waals surface area contributed by atoms with Crippen molar-refractivity contribution in [2.75, 3.05) is 28.3 Å². The predicted octanol–water partition coefficient (Wildman–Crippen LogP) is 3.76. The molecule has 2 fully saturated rings. The van der Waals surface area contributed by atoms with Crippen LogP contribution in [0, 0.1) is 29.6 Å². The first-order chi connectivity index (χ1) is 25.4. The molecule has 54 heavy (non-hydrogen) atoms. The number of ether oxygens (including phenoxy) is 2. The SMILES string of the molecule is CC[C@H](C)[C@@H]([C@@H](CC(=O)N1[C@H]2C[C@H]2C[C@H]1[C@H](OC)[C@@H](C)C(=O)NC(Cc1ccccc1Cl)C(=O)O)OC)N(C)C(=O)C(NC(=O)C(NC)C(C)C)C(C)C. The van der Waals surface area contributed by atoms with E-state index in [4.69, 9.17) is 21.1 Å². The van der Waals surface area contributed by atoms with Gasteiger partial charge in [-0.25, -0.2) is 4.79 Å². The van der Waals surface area contributed by atoms with Crippen LogP contribution in [-0.4, -0.2) is 121 Å². The van der Waals surface area contributed by atoms with E-state index in [-0.39, 0.29) is 60.3 Å². The van der Waals surface area contributed by atoms with Crippen LogP contribution in [-0.2, 0) is 39.9 Å². The predicted molar refractivity (Wildman–Crippen MR) is 208 cm³/mol. The number of rotatable bonds is 21. The maximum absolute atomic E-state index is 14.4. The number of likely N-dealkylation sites (N-methyl/N-ethyl adjacent to an activating group) is 2. The molecule has 14 heteroatoms. The minimum Gasteiger partial charge on any atom is -0.480 e. The number of halogens is 1. The van der Waals surface area contributed by atoms with Gasteiger partial charge in [0.2, 0.25) is 23.6 Å². The van der Waals surface area contributed by atoms with E-state index in [2.05, 4.69) is 16.0 Å². The fourth-order valence-electron chi connectivity index (χ4n) is 8.14. The van der Waals surface area contributed by atoms with Crippen molar-refractivity contribution in [1.29, 1.82) is 0 Å². The Morgan fingerprint density at radius 1 is 0.944 bits per heavy atom. The first-order valence-corrected chi connectivity index (χ1v) is 19.7. The van der Waals surface area contributed by atoms with Crippen LogP contribution in [0.5, 0.6) is 0 Å². The molecule has 1 heterocycles. The van der Waals surface area contributed by atoms with Crippen molar-refractivity contribution in [2.24, 2.45) is 29.6 Å². The number of carboxylic acids is 1. The molecular weight excluding hydrogens is 714 g/mol. The molecule has 0 spiro atoms. The zero-order chi connectivity index (χ0) is 40.6. The number of benzene rings is 1. The van der Waals surface area contributed by atoms with Crippen LogP contribution in [0.3, 0.4) is 0 Å². The van der Waals surface area contributed by atoms with E-state index in [1.165, 1.54) is 7.11 Å². The van der Waals surface area contributed by atoms with Crippen molar-refractivity contribution in [3.05, 3.63) is 34.9 Å². The Hall–Kier alpha value is -3.26. The molecule has 1 saturated heterocycles. The molecule has 1 aliphatic heterocycles. The quantitative estimate of drug-likeness (QED) is 0.146. The molecule has 0 bridgehead atoms.